The van der Waals surface area contributed by atoms with Crippen molar-refractivity contribution in [2.24, 2.45) is 0 Å². The Kier molecular flexibility index (Phi) is 5.83. The fourth-order valence-corrected chi connectivity index (χ4v) is 1.60. The molecule has 0 N–H and O–H groups in total. The van der Waals surface area contributed by atoms with Crippen LogP contribution in [0.2, 0.25) is 0 Å². The molecule has 0 atom stereocenters. The average molecular weight is 221 g/mol. The standard InChI is InChI=1S/C13H23N3/c1-4-5-6-9-13-11-16(15-14-13)10-7-8-12(2)3/h8,11H,4-7,9-10H2,1-3H3. The molecule has 90 valence electrons. The lowest BCUT2D eigenvalue weighted by Crippen LogP contribution is -1.97. The first-order valence-electron chi connectivity index (χ1n) is 6.24. The van der Waals surface area contributed by atoms with Gasteiger partial charge in [0.15, 0.2) is 0 Å². The Labute approximate surface area is 98.6 Å². The summed E-state index contributed by atoms with van der Waals surface area (Å²) >= 11 is 0. The lowest BCUT2D eigenvalue weighted by atomic mass is 10.2. The van der Waals surface area contributed by atoms with Gasteiger partial charge in [-0.05, 0) is 33.1 Å². The van der Waals surface area contributed by atoms with E-state index in [1.165, 1.54) is 24.8 Å². The third-order valence-corrected chi connectivity index (χ3v) is 2.53. The van der Waals surface area contributed by atoms with Crippen LogP contribution in [0.25, 0.3) is 0 Å². The van der Waals surface area contributed by atoms with Crippen molar-refractivity contribution in [2.45, 2.75) is 59.4 Å². The van der Waals surface area contributed by atoms with E-state index in [1.807, 2.05) is 4.68 Å². The van der Waals surface area contributed by atoms with Gasteiger partial charge in [-0.15, -0.1) is 5.10 Å². The van der Waals surface area contributed by atoms with E-state index in [1.54, 1.807) is 0 Å². The third kappa shape index (κ3) is 5.10. The number of aryl methyl sites for hydroxylation is 2. The average Bonchev–Trinajstić information content (AvgIpc) is 2.66. The van der Waals surface area contributed by atoms with Crippen LogP contribution in [0.4, 0.5) is 0 Å². The van der Waals surface area contributed by atoms with Crippen LogP contribution in [-0.2, 0) is 13.0 Å². The zero-order valence-corrected chi connectivity index (χ0v) is 10.7. The fourth-order valence-electron chi connectivity index (χ4n) is 1.60. The van der Waals surface area contributed by atoms with Crippen molar-refractivity contribution < 1.29 is 0 Å². The van der Waals surface area contributed by atoms with Crippen LogP contribution in [0.5, 0.6) is 0 Å². The second kappa shape index (κ2) is 7.20. The van der Waals surface area contributed by atoms with E-state index in [2.05, 4.69) is 43.4 Å². The van der Waals surface area contributed by atoms with E-state index in [0.29, 0.717) is 0 Å². The van der Waals surface area contributed by atoms with Crippen LogP contribution in [0.3, 0.4) is 0 Å². The van der Waals surface area contributed by atoms with Gasteiger partial charge in [-0.3, -0.25) is 4.68 Å². The Bertz CT molecular complexity index is 322. The summed E-state index contributed by atoms with van der Waals surface area (Å²) in [5.41, 5.74) is 2.49. The van der Waals surface area contributed by atoms with Gasteiger partial charge in [0, 0.05) is 12.7 Å². The maximum absolute atomic E-state index is 4.18. The van der Waals surface area contributed by atoms with Crippen molar-refractivity contribution in [2.75, 3.05) is 0 Å². The van der Waals surface area contributed by atoms with Crippen molar-refractivity contribution >= 4 is 0 Å². The predicted molar refractivity (Wildman–Crippen MR) is 67.3 cm³/mol. The molecule has 16 heavy (non-hydrogen) atoms. The minimum atomic E-state index is 0.936. The van der Waals surface area contributed by atoms with Crippen LogP contribution < -0.4 is 0 Å². The molecule has 0 spiro atoms. The summed E-state index contributed by atoms with van der Waals surface area (Å²) in [6.45, 7) is 7.40. The molecule has 0 saturated heterocycles. The van der Waals surface area contributed by atoms with E-state index in [0.717, 1.165) is 25.1 Å². The Hall–Kier alpha value is -1.12. The molecule has 0 aliphatic rings. The van der Waals surface area contributed by atoms with Crippen molar-refractivity contribution in [3.8, 4) is 0 Å². The first kappa shape index (κ1) is 12.9. The van der Waals surface area contributed by atoms with Crippen LogP contribution in [0.1, 0.15) is 52.1 Å². The fraction of sp³-hybridized carbons (Fsp3) is 0.692. The van der Waals surface area contributed by atoms with Gasteiger partial charge in [0.1, 0.15) is 0 Å². The molecular weight excluding hydrogens is 198 g/mol. The lowest BCUT2D eigenvalue weighted by Gasteiger charge is -1.96. The highest BCUT2D eigenvalue weighted by Gasteiger charge is 1.99. The number of aromatic nitrogens is 3. The van der Waals surface area contributed by atoms with Crippen molar-refractivity contribution in [1.29, 1.82) is 0 Å². The minimum absolute atomic E-state index is 0.936. The monoisotopic (exact) mass is 221 g/mol. The molecule has 0 saturated carbocycles. The van der Waals surface area contributed by atoms with Crippen LogP contribution in [0, 0.1) is 0 Å². The van der Waals surface area contributed by atoms with E-state index >= 15 is 0 Å². The molecule has 3 heteroatoms. The largest absolute Gasteiger partial charge is 0.252 e. The van der Waals surface area contributed by atoms with Gasteiger partial charge in [-0.2, -0.15) is 0 Å². The lowest BCUT2D eigenvalue weighted by molar-refractivity contribution is 0.595. The molecule has 0 radical (unpaired) electrons. The molecule has 0 aliphatic heterocycles. The summed E-state index contributed by atoms with van der Waals surface area (Å²) < 4.78 is 1.95. The van der Waals surface area contributed by atoms with E-state index in [-0.39, 0.29) is 0 Å². The first-order chi connectivity index (χ1) is 7.72. The highest BCUT2D eigenvalue weighted by Crippen LogP contribution is 2.03. The number of unbranched alkanes of at least 4 members (excludes halogenated alkanes) is 2. The Balaban J connectivity index is 2.30. The van der Waals surface area contributed by atoms with Gasteiger partial charge in [-0.1, -0.05) is 36.6 Å². The van der Waals surface area contributed by atoms with Crippen molar-refractivity contribution in [3.63, 3.8) is 0 Å². The number of hydrogen-bond acceptors (Lipinski definition) is 2. The second-order valence-electron chi connectivity index (χ2n) is 4.50. The summed E-state index contributed by atoms with van der Waals surface area (Å²) in [6, 6.07) is 0. The Morgan fingerprint density at radius 3 is 2.88 bits per heavy atom. The van der Waals surface area contributed by atoms with Crippen LogP contribution >= 0.6 is 0 Å². The van der Waals surface area contributed by atoms with Crippen LogP contribution in [0.15, 0.2) is 17.8 Å². The third-order valence-electron chi connectivity index (χ3n) is 2.53. The molecule has 1 aromatic heterocycles. The summed E-state index contributed by atoms with van der Waals surface area (Å²) in [4.78, 5) is 0. The van der Waals surface area contributed by atoms with Crippen LogP contribution in [-0.4, -0.2) is 15.0 Å². The molecule has 0 unspecified atom stereocenters. The normalized spacial score (nSPS) is 10.4. The van der Waals surface area contributed by atoms with E-state index in [4.69, 9.17) is 0 Å². The van der Waals surface area contributed by atoms with Gasteiger partial charge in [0.25, 0.3) is 0 Å². The maximum Gasteiger partial charge on any atom is 0.0827 e. The molecule has 1 aromatic rings. The number of allylic oxidation sites excluding steroid dienone is 2. The first-order valence-corrected chi connectivity index (χ1v) is 6.24. The zero-order chi connectivity index (χ0) is 11.8. The molecule has 0 fully saturated rings. The van der Waals surface area contributed by atoms with Gasteiger partial charge >= 0.3 is 0 Å². The molecule has 0 aliphatic carbocycles. The molecule has 0 bridgehead atoms. The molecule has 0 aromatic carbocycles. The summed E-state index contributed by atoms with van der Waals surface area (Å²) in [5, 5.41) is 8.31. The highest BCUT2D eigenvalue weighted by molar-refractivity contribution is 4.94. The topological polar surface area (TPSA) is 30.7 Å². The predicted octanol–water partition coefficient (Wildman–Crippen LogP) is 3.37. The van der Waals surface area contributed by atoms with Crippen molar-refractivity contribution in [3.05, 3.63) is 23.5 Å². The van der Waals surface area contributed by atoms with Gasteiger partial charge in [-0.25, -0.2) is 0 Å². The Morgan fingerprint density at radius 1 is 1.38 bits per heavy atom. The number of rotatable bonds is 7. The number of hydrogen-bond donors (Lipinski definition) is 0. The second-order valence-corrected chi connectivity index (χ2v) is 4.50. The van der Waals surface area contributed by atoms with Gasteiger partial charge in [0.05, 0.1) is 5.69 Å². The molecule has 3 nitrogen and oxygen atoms in total. The van der Waals surface area contributed by atoms with E-state index < -0.39 is 0 Å². The highest BCUT2D eigenvalue weighted by atomic mass is 15.4. The van der Waals surface area contributed by atoms with Gasteiger partial charge in [0.2, 0.25) is 0 Å². The zero-order valence-electron chi connectivity index (χ0n) is 10.7. The summed E-state index contributed by atoms with van der Waals surface area (Å²) in [5.74, 6) is 0. The Morgan fingerprint density at radius 2 is 2.19 bits per heavy atom. The molecule has 1 rings (SSSR count). The molecule has 1 heterocycles. The van der Waals surface area contributed by atoms with Gasteiger partial charge < -0.3 is 0 Å². The quantitative estimate of drug-likeness (QED) is 0.522. The van der Waals surface area contributed by atoms with E-state index in [9.17, 15) is 0 Å². The summed E-state index contributed by atoms with van der Waals surface area (Å²) in [7, 11) is 0. The minimum Gasteiger partial charge on any atom is -0.252 e. The summed E-state index contributed by atoms with van der Waals surface area (Å²) in [6.07, 6.45) is 10.2. The smallest absolute Gasteiger partial charge is 0.0827 e. The number of nitrogens with zero attached hydrogens (tertiary/aromatic N) is 3. The molecular formula is C13H23N3. The molecule has 0 amide bonds. The SMILES string of the molecule is CCCCCc1cn(CCC=C(C)C)nn1. The maximum atomic E-state index is 4.18. The van der Waals surface area contributed by atoms with Crippen molar-refractivity contribution in [1.82, 2.24) is 15.0 Å².